The van der Waals surface area contributed by atoms with Crippen molar-refractivity contribution >= 4 is 0 Å². The topological polar surface area (TPSA) is 26.2 Å². The Hall–Kier alpha value is -1.88. The van der Waals surface area contributed by atoms with Crippen LogP contribution in [0.3, 0.4) is 0 Å². The number of benzene rings is 1. The van der Waals surface area contributed by atoms with Gasteiger partial charge in [-0.3, -0.25) is 0 Å². The number of aryl methyl sites for hydroxylation is 1. The molecule has 108 valence electrons. The molecule has 0 radical (unpaired) electrons. The second-order valence-electron chi connectivity index (χ2n) is 4.70. The Kier molecular flexibility index (Phi) is 4.74. The molecule has 0 fully saturated rings. The van der Waals surface area contributed by atoms with E-state index in [-0.39, 0.29) is 11.8 Å². The van der Waals surface area contributed by atoms with Gasteiger partial charge in [-0.25, -0.2) is 0 Å². The van der Waals surface area contributed by atoms with Crippen LogP contribution in [-0.4, -0.2) is 11.2 Å². The molecule has 1 aromatic carbocycles. The highest BCUT2D eigenvalue weighted by molar-refractivity contribution is 5.35. The van der Waals surface area contributed by atoms with Crippen LogP contribution in [0, 0.1) is 0 Å². The number of nitrogens with zero attached hydrogens (tertiary/aromatic N) is 1. The number of rotatable bonds is 6. The highest BCUT2D eigenvalue weighted by Gasteiger charge is 2.14. The Bertz CT molecular complexity index is 554. The van der Waals surface area contributed by atoms with Crippen LogP contribution in [0.5, 0.6) is 5.75 Å². The molecule has 3 nitrogen and oxygen atoms in total. The van der Waals surface area contributed by atoms with E-state index in [4.69, 9.17) is 0 Å². The molecule has 0 saturated carbocycles. The fourth-order valence-corrected chi connectivity index (χ4v) is 2.09. The predicted octanol–water partition coefficient (Wildman–Crippen LogP) is 3.48. The van der Waals surface area contributed by atoms with E-state index < -0.39 is 6.61 Å². The van der Waals surface area contributed by atoms with E-state index in [1.54, 1.807) is 18.2 Å². The largest absolute Gasteiger partial charge is 0.434 e. The summed E-state index contributed by atoms with van der Waals surface area (Å²) < 4.78 is 31.3. The number of hydrogen-bond donors (Lipinski definition) is 1. The molecule has 2 aromatic rings. The second kappa shape index (κ2) is 6.52. The Labute approximate surface area is 117 Å². The van der Waals surface area contributed by atoms with Crippen LogP contribution < -0.4 is 10.1 Å². The average Bonchev–Trinajstić information content (AvgIpc) is 2.82. The van der Waals surface area contributed by atoms with Crippen molar-refractivity contribution in [3.05, 3.63) is 53.9 Å². The maximum Gasteiger partial charge on any atom is 0.387 e. The Morgan fingerprint density at radius 1 is 1.25 bits per heavy atom. The van der Waals surface area contributed by atoms with Crippen LogP contribution in [0.15, 0.2) is 42.7 Å². The first-order chi connectivity index (χ1) is 9.56. The molecule has 0 aliphatic rings. The van der Waals surface area contributed by atoms with Crippen LogP contribution in [0.1, 0.15) is 24.1 Å². The summed E-state index contributed by atoms with van der Waals surface area (Å²) in [6.45, 7) is -0.209. The lowest BCUT2D eigenvalue weighted by Crippen LogP contribution is -2.19. The summed E-state index contributed by atoms with van der Waals surface area (Å²) in [4.78, 5) is 0. The molecule has 1 unspecified atom stereocenters. The Morgan fingerprint density at radius 3 is 2.65 bits per heavy atom. The van der Waals surface area contributed by atoms with E-state index >= 15 is 0 Å². The van der Waals surface area contributed by atoms with Crippen molar-refractivity contribution in [1.29, 1.82) is 0 Å². The number of halogens is 2. The molecule has 0 spiro atoms. The summed E-state index contributed by atoms with van der Waals surface area (Å²) in [7, 11) is 1.96. The van der Waals surface area contributed by atoms with Gasteiger partial charge in [-0.05, 0) is 24.6 Å². The van der Waals surface area contributed by atoms with Crippen molar-refractivity contribution in [2.75, 3.05) is 0 Å². The van der Waals surface area contributed by atoms with E-state index in [9.17, 15) is 8.78 Å². The quantitative estimate of drug-likeness (QED) is 0.876. The molecular weight excluding hydrogens is 262 g/mol. The first-order valence-electron chi connectivity index (χ1n) is 6.44. The van der Waals surface area contributed by atoms with Crippen LogP contribution in [-0.2, 0) is 13.6 Å². The van der Waals surface area contributed by atoms with Gasteiger partial charge in [0.25, 0.3) is 0 Å². The minimum Gasteiger partial charge on any atom is -0.434 e. The summed E-state index contributed by atoms with van der Waals surface area (Å²) in [5.41, 5.74) is 1.87. The molecular formula is C15H18F2N2O. The lowest BCUT2D eigenvalue weighted by molar-refractivity contribution is -0.0506. The summed E-state index contributed by atoms with van der Waals surface area (Å²) in [6.07, 6.45) is 3.98. The standard InChI is InChI=1S/C15H18F2N2O/c1-11(18-9-12-7-8-19(2)10-12)13-5-3-4-6-14(13)20-15(16)17/h3-8,10-11,15,18H,9H2,1-2H3. The smallest absolute Gasteiger partial charge is 0.387 e. The highest BCUT2D eigenvalue weighted by atomic mass is 19.3. The lowest BCUT2D eigenvalue weighted by Gasteiger charge is -2.17. The van der Waals surface area contributed by atoms with Crippen molar-refractivity contribution in [3.8, 4) is 5.75 Å². The van der Waals surface area contributed by atoms with Gasteiger partial charge in [0.2, 0.25) is 0 Å². The fraction of sp³-hybridized carbons (Fsp3) is 0.333. The van der Waals surface area contributed by atoms with Gasteiger partial charge in [0.15, 0.2) is 0 Å². The summed E-state index contributed by atoms with van der Waals surface area (Å²) in [5, 5.41) is 3.30. The summed E-state index contributed by atoms with van der Waals surface area (Å²) >= 11 is 0. The van der Waals surface area contributed by atoms with E-state index in [2.05, 4.69) is 10.1 Å². The zero-order valence-electron chi connectivity index (χ0n) is 11.5. The van der Waals surface area contributed by atoms with E-state index in [0.29, 0.717) is 6.54 Å². The third-order valence-electron chi connectivity index (χ3n) is 3.11. The van der Waals surface area contributed by atoms with Gasteiger partial charge in [-0.2, -0.15) is 8.78 Å². The maximum atomic E-state index is 12.4. The molecule has 2 rings (SSSR count). The van der Waals surface area contributed by atoms with Crippen molar-refractivity contribution in [2.45, 2.75) is 26.1 Å². The molecule has 1 atom stereocenters. The van der Waals surface area contributed by atoms with Gasteiger partial charge in [-0.1, -0.05) is 18.2 Å². The molecule has 1 heterocycles. The predicted molar refractivity (Wildman–Crippen MR) is 73.7 cm³/mol. The van der Waals surface area contributed by atoms with Gasteiger partial charge in [0.05, 0.1) is 0 Å². The number of ether oxygens (including phenoxy) is 1. The SMILES string of the molecule is CC(NCc1ccn(C)c1)c1ccccc1OC(F)F. The number of alkyl halides is 2. The minimum atomic E-state index is -2.81. The average molecular weight is 280 g/mol. The molecule has 0 saturated heterocycles. The normalized spacial score (nSPS) is 12.7. The van der Waals surface area contributed by atoms with Gasteiger partial charge in [0.1, 0.15) is 5.75 Å². The summed E-state index contributed by atoms with van der Waals surface area (Å²) in [6, 6.07) is 8.79. The number of aromatic nitrogens is 1. The van der Waals surface area contributed by atoms with Gasteiger partial charge in [-0.15, -0.1) is 0 Å². The number of nitrogens with one attached hydrogen (secondary N) is 1. The third kappa shape index (κ3) is 3.81. The van der Waals surface area contributed by atoms with Crippen LogP contribution in [0.4, 0.5) is 8.78 Å². The van der Waals surface area contributed by atoms with Gasteiger partial charge in [0, 0.05) is 37.6 Å². The molecule has 5 heteroatoms. The van der Waals surface area contributed by atoms with Crippen LogP contribution >= 0.6 is 0 Å². The van der Waals surface area contributed by atoms with Crippen molar-refractivity contribution in [2.24, 2.45) is 7.05 Å². The van der Waals surface area contributed by atoms with Gasteiger partial charge < -0.3 is 14.6 Å². The molecule has 0 aliphatic carbocycles. The number of para-hydroxylation sites is 1. The summed E-state index contributed by atoms with van der Waals surface area (Å²) in [5.74, 6) is 0.218. The first kappa shape index (κ1) is 14.5. The Balaban J connectivity index is 2.03. The van der Waals surface area contributed by atoms with E-state index in [0.717, 1.165) is 11.1 Å². The van der Waals surface area contributed by atoms with Crippen molar-refractivity contribution in [1.82, 2.24) is 9.88 Å². The molecule has 0 amide bonds. The first-order valence-corrected chi connectivity index (χ1v) is 6.44. The molecule has 0 bridgehead atoms. The lowest BCUT2D eigenvalue weighted by atomic mass is 10.1. The number of hydrogen-bond acceptors (Lipinski definition) is 2. The van der Waals surface area contributed by atoms with Crippen molar-refractivity contribution in [3.63, 3.8) is 0 Å². The molecule has 0 aliphatic heterocycles. The minimum absolute atomic E-state index is 0.0786. The maximum absolute atomic E-state index is 12.4. The molecule has 1 aromatic heterocycles. The van der Waals surface area contributed by atoms with Crippen molar-refractivity contribution < 1.29 is 13.5 Å². The van der Waals surface area contributed by atoms with Crippen LogP contribution in [0.25, 0.3) is 0 Å². The van der Waals surface area contributed by atoms with E-state index in [1.165, 1.54) is 0 Å². The highest BCUT2D eigenvalue weighted by Crippen LogP contribution is 2.26. The molecule has 20 heavy (non-hydrogen) atoms. The monoisotopic (exact) mass is 280 g/mol. The van der Waals surface area contributed by atoms with Crippen LogP contribution in [0.2, 0.25) is 0 Å². The molecule has 1 N–H and O–H groups in total. The van der Waals surface area contributed by atoms with Gasteiger partial charge >= 0.3 is 6.61 Å². The second-order valence-corrected chi connectivity index (χ2v) is 4.70. The zero-order chi connectivity index (χ0) is 14.5. The third-order valence-corrected chi connectivity index (χ3v) is 3.11. The fourth-order valence-electron chi connectivity index (χ4n) is 2.09. The van der Waals surface area contributed by atoms with E-state index in [1.807, 2.05) is 43.1 Å². The Morgan fingerprint density at radius 2 is 2.00 bits per heavy atom. The zero-order valence-corrected chi connectivity index (χ0v) is 11.5.